The van der Waals surface area contributed by atoms with Crippen molar-refractivity contribution in [3.05, 3.63) is 29.9 Å². The lowest BCUT2D eigenvalue weighted by molar-refractivity contribution is -0.138. The number of piperidine rings is 1. The number of aromatic nitrogens is 4. The summed E-state index contributed by atoms with van der Waals surface area (Å²) in [6.07, 6.45) is 5.74. The van der Waals surface area contributed by atoms with Crippen LogP contribution in [-0.2, 0) is 11.8 Å². The maximum Gasteiger partial charge on any atom is 0.232 e. The summed E-state index contributed by atoms with van der Waals surface area (Å²) in [5.74, 6) is 1.74. The molecule has 0 radical (unpaired) electrons. The molecule has 0 saturated carbocycles. The van der Waals surface area contributed by atoms with Crippen LogP contribution in [0.1, 0.15) is 75.3 Å². The molecule has 7 heteroatoms. The van der Waals surface area contributed by atoms with E-state index in [2.05, 4.69) is 22.0 Å². The molecule has 0 N–H and O–H groups in total. The molecule has 24 heavy (non-hydrogen) atoms. The molecule has 2 atom stereocenters. The summed E-state index contributed by atoms with van der Waals surface area (Å²) in [5, 5.41) is 4.11. The Morgan fingerprint density at radius 3 is 2.79 bits per heavy atom. The number of aryl methyl sites for hydroxylation is 1. The van der Waals surface area contributed by atoms with Gasteiger partial charge in [0, 0.05) is 25.9 Å². The Hall–Kier alpha value is -2.18. The normalized spacial score (nSPS) is 21.7. The van der Waals surface area contributed by atoms with Crippen molar-refractivity contribution in [3.63, 3.8) is 0 Å². The van der Waals surface area contributed by atoms with Gasteiger partial charge in [-0.3, -0.25) is 4.79 Å². The zero-order chi connectivity index (χ0) is 17.3. The molecular formula is C17H25N5O2. The van der Waals surface area contributed by atoms with E-state index in [9.17, 15) is 4.79 Å². The van der Waals surface area contributed by atoms with Crippen molar-refractivity contribution in [1.29, 1.82) is 0 Å². The highest BCUT2D eigenvalue weighted by atomic mass is 16.5. The molecule has 0 bridgehead atoms. The van der Waals surface area contributed by atoms with Gasteiger partial charge in [0.05, 0.1) is 30.2 Å². The van der Waals surface area contributed by atoms with Crippen molar-refractivity contribution in [3.8, 4) is 0 Å². The number of carbonyl (C=O) groups excluding carboxylic acids is 1. The smallest absolute Gasteiger partial charge is 0.232 e. The summed E-state index contributed by atoms with van der Waals surface area (Å²) in [6, 6.07) is -0.112. The molecule has 1 saturated heterocycles. The van der Waals surface area contributed by atoms with Crippen LogP contribution in [0, 0.1) is 0 Å². The number of carbonyl (C=O) groups is 1. The van der Waals surface area contributed by atoms with Crippen LogP contribution in [0.4, 0.5) is 0 Å². The first kappa shape index (κ1) is 16.7. The summed E-state index contributed by atoms with van der Waals surface area (Å²) in [7, 11) is 1.95. The van der Waals surface area contributed by atoms with Gasteiger partial charge in [-0.05, 0) is 12.8 Å². The van der Waals surface area contributed by atoms with Gasteiger partial charge in [0.2, 0.25) is 11.8 Å². The predicted octanol–water partition coefficient (Wildman–Crippen LogP) is 2.78. The fourth-order valence-electron chi connectivity index (χ4n) is 3.37. The molecule has 1 aliphatic rings. The Morgan fingerprint density at radius 1 is 1.42 bits per heavy atom. The van der Waals surface area contributed by atoms with Crippen molar-refractivity contribution < 1.29 is 9.32 Å². The van der Waals surface area contributed by atoms with Gasteiger partial charge >= 0.3 is 0 Å². The Morgan fingerprint density at radius 2 is 2.21 bits per heavy atom. The van der Waals surface area contributed by atoms with Gasteiger partial charge in [-0.15, -0.1) is 0 Å². The summed E-state index contributed by atoms with van der Waals surface area (Å²) in [6.45, 7) is 6.89. The fourth-order valence-corrected chi connectivity index (χ4v) is 3.37. The van der Waals surface area contributed by atoms with E-state index in [0.29, 0.717) is 24.6 Å². The first-order valence-electron chi connectivity index (χ1n) is 8.62. The molecule has 2 aromatic heterocycles. The molecule has 1 fully saturated rings. The SMILES string of the molecule is CCCN1C(=O)CC[C@@H](c2nc(C(C)C)no2)[C@@H]1c1cncn1C. The molecule has 3 heterocycles. The molecule has 7 nitrogen and oxygen atoms in total. The van der Waals surface area contributed by atoms with Crippen molar-refractivity contribution in [2.75, 3.05) is 6.54 Å². The summed E-state index contributed by atoms with van der Waals surface area (Å²) >= 11 is 0. The van der Waals surface area contributed by atoms with Crippen molar-refractivity contribution in [2.24, 2.45) is 7.05 Å². The molecule has 1 amide bonds. The fraction of sp³-hybridized carbons (Fsp3) is 0.647. The predicted molar refractivity (Wildman–Crippen MR) is 88.3 cm³/mol. The number of likely N-dealkylation sites (tertiary alicyclic amines) is 1. The average molecular weight is 331 g/mol. The third-order valence-electron chi connectivity index (χ3n) is 4.62. The van der Waals surface area contributed by atoms with E-state index in [4.69, 9.17) is 4.52 Å². The minimum Gasteiger partial charge on any atom is -0.339 e. The van der Waals surface area contributed by atoms with E-state index in [1.54, 1.807) is 6.33 Å². The third-order valence-corrected chi connectivity index (χ3v) is 4.62. The van der Waals surface area contributed by atoms with E-state index in [1.165, 1.54) is 0 Å². The number of hydrogen-bond donors (Lipinski definition) is 0. The Bertz CT molecular complexity index is 705. The first-order valence-corrected chi connectivity index (χ1v) is 8.62. The van der Waals surface area contributed by atoms with Crippen molar-refractivity contribution >= 4 is 5.91 Å². The lowest BCUT2D eigenvalue weighted by Crippen LogP contribution is -2.43. The highest BCUT2D eigenvalue weighted by Gasteiger charge is 2.41. The molecule has 2 aromatic rings. The minimum atomic E-state index is -0.112. The van der Waals surface area contributed by atoms with Crippen molar-refractivity contribution in [2.45, 2.75) is 57.9 Å². The van der Waals surface area contributed by atoms with Gasteiger partial charge in [-0.25, -0.2) is 4.98 Å². The van der Waals surface area contributed by atoms with Crippen LogP contribution in [0.25, 0.3) is 0 Å². The van der Waals surface area contributed by atoms with Crippen LogP contribution in [0.15, 0.2) is 17.0 Å². The molecule has 3 rings (SSSR count). The van der Waals surface area contributed by atoms with Gasteiger partial charge < -0.3 is 14.0 Å². The number of hydrogen-bond acceptors (Lipinski definition) is 5. The molecule has 0 spiro atoms. The largest absolute Gasteiger partial charge is 0.339 e. The quantitative estimate of drug-likeness (QED) is 0.842. The molecule has 0 aliphatic carbocycles. The van der Waals surface area contributed by atoms with Crippen LogP contribution in [0.3, 0.4) is 0 Å². The second-order valence-corrected chi connectivity index (χ2v) is 6.75. The van der Waals surface area contributed by atoms with E-state index >= 15 is 0 Å². The van der Waals surface area contributed by atoms with Crippen LogP contribution in [-0.4, -0.2) is 37.0 Å². The average Bonchev–Trinajstić information content (AvgIpc) is 3.18. The topological polar surface area (TPSA) is 77.1 Å². The Labute approximate surface area is 142 Å². The van der Waals surface area contributed by atoms with Gasteiger partial charge in [0.1, 0.15) is 0 Å². The van der Waals surface area contributed by atoms with Gasteiger partial charge in [-0.1, -0.05) is 25.9 Å². The summed E-state index contributed by atoms with van der Waals surface area (Å²) in [5.41, 5.74) is 1.01. The molecule has 130 valence electrons. The molecular weight excluding hydrogens is 306 g/mol. The second-order valence-electron chi connectivity index (χ2n) is 6.75. The number of rotatable bonds is 5. The second kappa shape index (κ2) is 6.75. The Kier molecular flexibility index (Phi) is 4.69. The summed E-state index contributed by atoms with van der Waals surface area (Å²) < 4.78 is 7.54. The maximum absolute atomic E-state index is 12.5. The Balaban J connectivity index is 2.01. The van der Waals surface area contributed by atoms with E-state index in [-0.39, 0.29) is 23.8 Å². The van der Waals surface area contributed by atoms with Crippen LogP contribution in [0.2, 0.25) is 0 Å². The molecule has 0 unspecified atom stereocenters. The van der Waals surface area contributed by atoms with Crippen LogP contribution in [0.5, 0.6) is 0 Å². The zero-order valence-electron chi connectivity index (χ0n) is 14.8. The third kappa shape index (κ3) is 2.95. The summed E-state index contributed by atoms with van der Waals surface area (Å²) in [4.78, 5) is 23.3. The van der Waals surface area contributed by atoms with Gasteiger partial charge in [0.15, 0.2) is 5.82 Å². The molecule has 1 aliphatic heterocycles. The molecule has 0 aromatic carbocycles. The number of amides is 1. The van der Waals surface area contributed by atoms with Crippen LogP contribution < -0.4 is 0 Å². The lowest BCUT2D eigenvalue weighted by atomic mass is 9.86. The zero-order valence-corrected chi connectivity index (χ0v) is 14.8. The van der Waals surface area contributed by atoms with Crippen LogP contribution >= 0.6 is 0 Å². The highest BCUT2D eigenvalue weighted by molar-refractivity contribution is 5.78. The minimum absolute atomic E-state index is 0.00431. The van der Waals surface area contributed by atoms with Gasteiger partial charge in [0.25, 0.3) is 0 Å². The lowest BCUT2D eigenvalue weighted by Gasteiger charge is -2.39. The van der Waals surface area contributed by atoms with E-state index in [0.717, 1.165) is 18.7 Å². The van der Waals surface area contributed by atoms with Gasteiger partial charge in [-0.2, -0.15) is 4.98 Å². The maximum atomic E-state index is 12.5. The van der Waals surface area contributed by atoms with Crippen molar-refractivity contribution in [1.82, 2.24) is 24.6 Å². The highest BCUT2D eigenvalue weighted by Crippen LogP contribution is 2.42. The monoisotopic (exact) mass is 331 g/mol. The number of nitrogens with zero attached hydrogens (tertiary/aromatic N) is 5. The van der Waals surface area contributed by atoms with E-state index < -0.39 is 0 Å². The van der Waals surface area contributed by atoms with E-state index in [1.807, 2.05) is 36.6 Å². The first-order chi connectivity index (χ1) is 11.5. The number of imidazole rings is 1. The standard InChI is InChI=1S/C17H25N5O2/c1-5-8-22-14(23)7-6-12(15(22)13-9-18-10-21(13)4)17-19-16(11(2)3)20-24-17/h9-12,15H,5-8H2,1-4H3/t12-,15-/m1/s1.